The third-order valence-electron chi connectivity index (χ3n) is 4.56. The molecular formula is C19H15ClN2O5. The molecule has 2 heterocycles. The molecule has 0 fully saturated rings. The lowest BCUT2D eigenvalue weighted by atomic mass is 10.1. The van der Waals surface area contributed by atoms with Gasteiger partial charge in [-0.15, -0.1) is 0 Å². The van der Waals surface area contributed by atoms with Crippen molar-refractivity contribution in [3.8, 4) is 11.5 Å². The topological polar surface area (TPSA) is 84.9 Å². The lowest BCUT2D eigenvalue weighted by molar-refractivity contribution is -0.119. The summed E-state index contributed by atoms with van der Waals surface area (Å²) in [6.45, 7) is 3.40. The summed E-state index contributed by atoms with van der Waals surface area (Å²) in [5, 5.41) is 2.91. The largest absolute Gasteiger partial charge is 0.454 e. The number of benzene rings is 2. The Bertz CT molecular complexity index is 1000. The molecule has 2 aromatic rings. The van der Waals surface area contributed by atoms with Crippen LogP contribution < -0.4 is 14.8 Å². The molecule has 7 nitrogen and oxygen atoms in total. The summed E-state index contributed by atoms with van der Waals surface area (Å²) in [5.41, 5.74) is 1.78. The van der Waals surface area contributed by atoms with Crippen molar-refractivity contribution in [2.75, 3.05) is 12.1 Å². The van der Waals surface area contributed by atoms with Gasteiger partial charge in [0.25, 0.3) is 11.8 Å². The van der Waals surface area contributed by atoms with Crippen molar-refractivity contribution < 1.29 is 23.9 Å². The van der Waals surface area contributed by atoms with Crippen LogP contribution in [0.25, 0.3) is 0 Å². The van der Waals surface area contributed by atoms with E-state index in [1.807, 2.05) is 6.92 Å². The number of nitrogens with one attached hydrogen (secondary N) is 1. The summed E-state index contributed by atoms with van der Waals surface area (Å²) in [7, 11) is 0. The highest BCUT2D eigenvalue weighted by Crippen LogP contribution is 2.39. The van der Waals surface area contributed by atoms with Crippen LogP contribution in [0.5, 0.6) is 11.5 Å². The molecular weight excluding hydrogens is 372 g/mol. The third kappa shape index (κ3) is 2.80. The summed E-state index contributed by atoms with van der Waals surface area (Å²) < 4.78 is 10.5. The maximum absolute atomic E-state index is 12.7. The Morgan fingerprint density at radius 2 is 1.78 bits per heavy atom. The third-order valence-corrected chi connectivity index (χ3v) is 4.87. The van der Waals surface area contributed by atoms with Gasteiger partial charge in [-0.2, -0.15) is 0 Å². The molecule has 0 spiro atoms. The maximum atomic E-state index is 12.7. The van der Waals surface area contributed by atoms with Gasteiger partial charge in [0, 0.05) is 12.1 Å². The van der Waals surface area contributed by atoms with Crippen LogP contribution in [-0.4, -0.2) is 35.5 Å². The second kappa shape index (κ2) is 6.28. The number of halogens is 1. The Labute approximate surface area is 159 Å². The van der Waals surface area contributed by atoms with E-state index >= 15 is 0 Å². The van der Waals surface area contributed by atoms with E-state index in [0.717, 1.165) is 10.5 Å². The number of hydrogen-bond donors (Lipinski definition) is 1. The number of carbonyl (C=O) groups excluding carboxylic acids is 3. The van der Waals surface area contributed by atoms with Gasteiger partial charge in [0.2, 0.25) is 12.7 Å². The summed E-state index contributed by atoms with van der Waals surface area (Å²) >= 11 is 6.17. The van der Waals surface area contributed by atoms with Crippen molar-refractivity contribution in [2.24, 2.45) is 0 Å². The molecule has 0 saturated carbocycles. The maximum Gasteiger partial charge on any atom is 0.262 e. The molecule has 27 heavy (non-hydrogen) atoms. The van der Waals surface area contributed by atoms with Gasteiger partial charge in [-0.05, 0) is 26.0 Å². The summed E-state index contributed by atoms with van der Waals surface area (Å²) in [5.74, 6) is -0.574. The van der Waals surface area contributed by atoms with Crippen molar-refractivity contribution in [2.45, 2.75) is 19.9 Å². The smallest absolute Gasteiger partial charge is 0.262 e. The lowest BCUT2D eigenvalue weighted by Gasteiger charge is -2.22. The Balaban J connectivity index is 1.57. The van der Waals surface area contributed by atoms with Crippen molar-refractivity contribution in [1.82, 2.24) is 4.90 Å². The first kappa shape index (κ1) is 17.4. The van der Waals surface area contributed by atoms with Crippen molar-refractivity contribution in [1.29, 1.82) is 0 Å². The monoisotopic (exact) mass is 386 g/mol. The molecule has 0 saturated heterocycles. The zero-order chi connectivity index (χ0) is 19.3. The van der Waals surface area contributed by atoms with Crippen molar-refractivity contribution in [3.05, 3.63) is 52.0 Å². The highest BCUT2D eigenvalue weighted by Gasteiger charge is 2.41. The fourth-order valence-corrected chi connectivity index (χ4v) is 3.29. The fraction of sp³-hybridized carbons (Fsp3) is 0.211. The van der Waals surface area contributed by atoms with Crippen LogP contribution in [0.1, 0.15) is 33.2 Å². The first-order chi connectivity index (χ1) is 12.9. The molecule has 0 aromatic heterocycles. The van der Waals surface area contributed by atoms with Crippen LogP contribution in [0.4, 0.5) is 5.69 Å². The number of fused-ring (bicyclic) bond motifs is 2. The Hall–Kier alpha value is -3.06. The van der Waals surface area contributed by atoms with Crippen LogP contribution in [-0.2, 0) is 4.79 Å². The van der Waals surface area contributed by atoms with Crippen LogP contribution in [0, 0.1) is 6.92 Å². The molecule has 3 amide bonds. The molecule has 1 atom stereocenters. The molecule has 0 bridgehead atoms. The van der Waals surface area contributed by atoms with E-state index in [4.69, 9.17) is 21.1 Å². The number of ether oxygens (including phenoxy) is 2. The SMILES string of the molecule is Cc1ccc2c(c1)C(=O)N(C(C)C(=O)Nc1cc3c(cc1Cl)OCO3)C2=O. The number of hydrogen-bond acceptors (Lipinski definition) is 5. The predicted octanol–water partition coefficient (Wildman–Crippen LogP) is 3.00. The van der Waals surface area contributed by atoms with Gasteiger partial charge in [0.15, 0.2) is 11.5 Å². The van der Waals surface area contributed by atoms with E-state index in [1.54, 1.807) is 24.3 Å². The molecule has 138 valence electrons. The Morgan fingerprint density at radius 3 is 2.52 bits per heavy atom. The quantitative estimate of drug-likeness (QED) is 0.820. The molecule has 4 rings (SSSR count). The van der Waals surface area contributed by atoms with Gasteiger partial charge in [-0.1, -0.05) is 23.2 Å². The van der Waals surface area contributed by atoms with E-state index in [-0.39, 0.29) is 11.8 Å². The molecule has 8 heteroatoms. The number of aryl methyl sites for hydroxylation is 1. The van der Waals surface area contributed by atoms with Crippen molar-refractivity contribution >= 4 is 35.0 Å². The predicted molar refractivity (Wildman–Crippen MR) is 97.3 cm³/mol. The molecule has 1 N–H and O–H groups in total. The first-order valence-electron chi connectivity index (χ1n) is 8.25. The molecule has 2 aromatic carbocycles. The highest BCUT2D eigenvalue weighted by molar-refractivity contribution is 6.34. The first-order valence-corrected chi connectivity index (χ1v) is 8.63. The summed E-state index contributed by atoms with van der Waals surface area (Å²) in [6.07, 6.45) is 0. The van der Waals surface area contributed by atoms with Gasteiger partial charge in [-0.3, -0.25) is 19.3 Å². The van der Waals surface area contributed by atoms with E-state index in [2.05, 4.69) is 5.32 Å². The van der Waals surface area contributed by atoms with E-state index in [9.17, 15) is 14.4 Å². The second-order valence-electron chi connectivity index (χ2n) is 6.38. The normalized spacial score (nSPS) is 15.7. The highest BCUT2D eigenvalue weighted by atomic mass is 35.5. The Kier molecular flexibility index (Phi) is 4.04. The standard InChI is InChI=1S/C19H15ClN2O5/c1-9-3-4-11-12(5-9)19(25)22(18(11)24)10(2)17(23)21-14-7-16-15(6-13(14)20)26-8-27-16/h3-7,10H,8H2,1-2H3,(H,21,23). The average Bonchev–Trinajstić information content (AvgIpc) is 3.17. The van der Waals surface area contributed by atoms with Gasteiger partial charge in [0.1, 0.15) is 6.04 Å². The molecule has 2 aliphatic heterocycles. The summed E-state index contributed by atoms with van der Waals surface area (Å²) in [6, 6.07) is 7.07. The minimum absolute atomic E-state index is 0.0773. The number of carbonyl (C=O) groups is 3. The summed E-state index contributed by atoms with van der Waals surface area (Å²) in [4.78, 5) is 38.9. The van der Waals surface area contributed by atoms with Crippen LogP contribution in [0.3, 0.4) is 0 Å². The van der Waals surface area contributed by atoms with Gasteiger partial charge in [0.05, 0.1) is 21.8 Å². The number of rotatable bonds is 3. The fourth-order valence-electron chi connectivity index (χ4n) is 3.09. The number of amides is 3. The number of anilines is 1. The van der Waals surface area contributed by atoms with Crippen LogP contribution >= 0.6 is 11.6 Å². The van der Waals surface area contributed by atoms with E-state index in [1.165, 1.54) is 13.0 Å². The van der Waals surface area contributed by atoms with Crippen LogP contribution in [0.15, 0.2) is 30.3 Å². The average molecular weight is 387 g/mol. The van der Waals surface area contributed by atoms with Gasteiger partial charge in [-0.25, -0.2) is 0 Å². The molecule has 1 unspecified atom stereocenters. The van der Waals surface area contributed by atoms with Gasteiger partial charge < -0.3 is 14.8 Å². The van der Waals surface area contributed by atoms with E-state index < -0.39 is 23.8 Å². The molecule has 0 aliphatic carbocycles. The zero-order valence-corrected chi connectivity index (χ0v) is 15.3. The minimum atomic E-state index is -1.01. The molecule has 0 radical (unpaired) electrons. The van der Waals surface area contributed by atoms with Crippen LogP contribution in [0.2, 0.25) is 5.02 Å². The molecule has 2 aliphatic rings. The van der Waals surface area contributed by atoms with Crippen molar-refractivity contribution in [3.63, 3.8) is 0 Å². The Morgan fingerprint density at radius 1 is 1.11 bits per heavy atom. The lowest BCUT2D eigenvalue weighted by Crippen LogP contribution is -2.45. The number of nitrogens with zero attached hydrogens (tertiary/aromatic N) is 1. The zero-order valence-electron chi connectivity index (χ0n) is 14.5. The second-order valence-corrected chi connectivity index (χ2v) is 6.79. The minimum Gasteiger partial charge on any atom is -0.454 e. The number of imide groups is 1. The van der Waals surface area contributed by atoms with E-state index in [0.29, 0.717) is 28.3 Å². The van der Waals surface area contributed by atoms with Gasteiger partial charge >= 0.3 is 0 Å².